The molecule has 3 aromatic carbocycles. The van der Waals surface area contributed by atoms with Crippen LogP contribution in [0.2, 0.25) is 0 Å². The molecule has 6 nitrogen and oxygen atoms in total. The molecule has 0 aliphatic heterocycles. The minimum Gasteiger partial charge on any atom is -0.272 e. The molecule has 0 fully saturated rings. The first kappa shape index (κ1) is 24.4. The van der Waals surface area contributed by atoms with E-state index >= 15 is 0 Å². The summed E-state index contributed by atoms with van der Waals surface area (Å²) in [4.78, 5) is 30.5. The summed E-state index contributed by atoms with van der Waals surface area (Å²) >= 11 is 1.20. The predicted molar refractivity (Wildman–Crippen MR) is 144 cm³/mol. The van der Waals surface area contributed by atoms with Crippen molar-refractivity contribution in [1.29, 1.82) is 0 Å². The van der Waals surface area contributed by atoms with Crippen molar-refractivity contribution in [3.63, 3.8) is 0 Å². The third kappa shape index (κ3) is 5.69. The largest absolute Gasteiger partial charge is 0.272 e. The molecule has 0 saturated carbocycles. The van der Waals surface area contributed by atoms with Crippen LogP contribution in [0.1, 0.15) is 37.5 Å². The molecule has 7 heteroatoms. The number of carbonyl (C=O) groups is 1. The fourth-order valence-electron chi connectivity index (χ4n) is 3.65. The summed E-state index contributed by atoms with van der Waals surface area (Å²) in [6, 6.07) is 23.0. The van der Waals surface area contributed by atoms with Gasteiger partial charge in [-0.1, -0.05) is 87.1 Å². The standard InChI is InChI=1S/C28H28N4O2S/c1-19-9-5-8-12-24(19)32-26(34)22-10-6-7-11-23(22)30-27(32)35-18-25(33)31-29-17-20-13-15-21(16-14-20)28(2,3)4/h5-17H,18H2,1-4H3,(H,31,33)/b29-17-. The molecule has 4 rings (SSSR count). The van der Waals surface area contributed by atoms with Crippen molar-refractivity contribution < 1.29 is 4.79 Å². The van der Waals surface area contributed by atoms with Crippen LogP contribution in [0.4, 0.5) is 0 Å². The number of thioether (sulfide) groups is 1. The van der Waals surface area contributed by atoms with Crippen molar-refractivity contribution >= 4 is 34.8 Å². The average Bonchev–Trinajstić information content (AvgIpc) is 2.83. The van der Waals surface area contributed by atoms with Crippen LogP contribution >= 0.6 is 11.8 Å². The second kappa shape index (κ2) is 10.3. The van der Waals surface area contributed by atoms with Crippen LogP contribution in [0.25, 0.3) is 16.6 Å². The molecule has 178 valence electrons. The highest BCUT2D eigenvalue weighted by Gasteiger charge is 2.16. The Labute approximate surface area is 209 Å². The quantitative estimate of drug-likeness (QED) is 0.176. The third-order valence-electron chi connectivity index (χ3n) is 5.61. The van der Waals surface area contributed by atoms with E-state index in [-0.39, 0.29) is 22.6 Å². The molecule has 1 N–H and O–H groups in total. The van der Waals surface area contributed by atoms with Gasteiger partial charge in [0.15, 0.2) is 5.16 Å². The van der Waals surface area contributed by atoms with Crippen molar-refractivity contribution in [2.24, 2.45) is 5.10 Å². The molecule has 0 spiro atoms. The van der Waals surface area contributed by atoms with E-state index in [1.165, 1.54) is 17.3 Å². The van der Waals surface area contributed by atoms with Crippen molar-refractivity contribution in [2.45, 2.75) is 38.3 Å². The Morgan fingerprint density at radius 1 is 1.03 bits per heavy atom. The second-order valence-electron chi connectivity index (χ2n) is 9.29. The minimum absolute atomic E-state index is 0.0664. The second-order valence-corrected chi connectivity index (χ2v) is 10.2. The Morgan fingerprint density at radius 3 is 2.43 bits per heavy atom. The van der Waals surface area contributed by atoms with E-state index in [2.05, 4.69) is 48.4 Å². The van der Waals surface area contributed by atoms with Gasteiger partial charge in [0.25, 0.3) is 11.5 Å². The van der Waals surface area contributed by atoms with Gasteiger partial charge >= 0.3 is 0 Å². The van der Waals surface area contributed by atoms with E-state index in [4.69, 9.17) is 0 Å². The lowest BCUT2D eigenvalue weighted by Crippen LogP contribution is -2.24. The summed E-state index contributed by atoms with van der Waals surface area (Å²) in [5, 5.41) is 5.07. The van der Waals surface area contributed by atoms with Crippen molar-refractivity contribution in [1.82, 2.24) is 15.0 Å². The Morgan fingerprint density at radius 2 is 1.71 bits per heavy atom. The van der Waals surface area contributed by atoms with E-state index in [0.29, 0.717) is 16.1 Å². The monoisotopic (exact) mass is 484 g/mol. The van der Waals surface area contributed by atoms with E-state index in [0.717, 1.165) is 16.8 Å². The number of hydrazone groups is 1. The zero-order chi connectivity index (χ0) is 25.0. The van der Waals surface area contributed by atoms with Gasteiger partial charge in [-0.3, -0.25) is 14.2 Å². The first-order valence-electron chi connectivity index (χ1n) is 11.4. The lowest BCUT2D eigenvalue weighted by molar-refractivity contribution is -0.118. The zero-order valence-corrected chi connectivity index (χ0v) is 21.1. The fourth-order valence-corrected chi connectivity index (χ4v) is 4.44. The van der Waals surface area contributed by atoms with E-state index in [1.54, 1.807) is 22.9 Å². The van der Waals surface area contributed by atoms with Gasteiger partial charge in [-0.15, -0.1) is 0 Å². The predicted octanol–water partition coefficient (Wildman–Crippen LogP) is 5.23. The van der Waals surface area contributed by atoms with Gasteiger partial charge < -0.3 is 0 Å². The van der Waals surface area contributed by atoms with Crippen LogP contribution in [0.15, 0.2) is 87.8 Å². The SMILES string of the molecule is Cc1ccccc1-n1c(SCC(=O)N/N=C\c2ccc(C(C)(C)C)cc2)nc2ccccc2c1=O. The highest BCUT2D eigenvalue weighted by molar-refractivity contribution is 7.99. The number of aromatic nitrogens is 2. The van der Waals surface area contributed by atoms with Crippen molar-refractivity contribution in [2.75, 3.05) is 5.75 Å². The number of benzene rings is 3. The van der Waals surface area contributed by atoms with Crippen molar-refractivity contribution in [3.05, 3.63) is 99.8 Å². The molecule has 4 aromatic rings. The Hall–Kier alpha value is -3.71. The first-order chi connectivity index (χ1) is 16.7. The van der Waals surface area contributed by atoms with Gasteiger partial charge in [0, 0.05) is 0 Å². The number of hydrogen-bond acceptors (Lipinski definition) is 5. The summed E-state index contributed by atoms with van der Waals surface area (Å²) in [5.74, 6) is -0.215. The molecule has 1 heterocycles. The number of aryl methyl sites for hydroxylation is 1. The van der Waals surface area contributed by atoms with Crippen LogP contribution in [0.3, 0.4) is 0 Å². The van der Waals surface area contributed by atoms with E-state index < -0.39 is 0 Å². The highest BCUT2D eigenvalue weighted by atomic mass is 32.2. The van der Waals surface area contributed by atoms with E-state index in [9.17, 15) is 9.59 Å². The topological polar surface area (TPSA) is 76.3 Å². The van der Waals surface area contributed by atoms with Crippen LogP contribution in [-0.2, 0) is 10.2 Å². The molecule has 0 aliphatic rings. The maximum atomic E-state index is 13.3. The normalized spacial score (nSPS) is 11.8. The lowest BCUT2D eigenvalue weighted by atomic mass is 9.87. The molecule has 0 radical (unpaired) electrons. The smallest absolute Gasteiger partial charge is 0.266 e. The number of hydrogen-bond donors (Lipinski definition) is 1. The molecule has 0 bridgehead atoms. The molecule has 0 saturated heterocycles. The van der Waals surface area contributed by atoms with Gasteiger partial charge in [-0.2, -0.15) is 5.10 Å². The van der Waals surface area contributed by atoms with Crippen LogP contribution in [-0.4, -0.2) is 27.4 Å². The minimum atomic E-state index is -0.281. The number of nitrogens with zero attached hydrogens (tertiary/aromatic N) is 3. The lowest BCUT2D eigenvalue weighted by Gasteiger charge is -2.18. The van der Waals surface area contributed by atoms with Crippen molar-refractivity contribution in [3.8, 4) is 5.69 Å². The number of rotatable bonds is 6. The number of fused-ring (bicyclic) bond motifs is 1. The molecular weight excluding hydrogens is 456 g/mol. The van der Waals surface area contributed by atoms with Crippen LogP contribution in [0, 0.1) is 6.92 Å². The zero-order valence-electron chi connectivity index (χ0n) is 20.3. The van der Waals surface area contributed by atoms with Gasteiger partial charge in [-0.25, -0.2) is 10.4 Å². The Kier molecular flexibility index (Phi) is 7.17. The Bertz CT molecular complexity index is 1450. The summed E-state index contributed by atoms with van der Waals surface area (Å²) in [5.41, 5.74) is 6.90. The summed E-state index contributed by atoms with van der Waals surface area (Å²) in [6.07, 6.45) is 1.62. The third-order valence-corrected chi connectivity index (χ3v) is 6.55. The van der Waals surface area contributed by atoms with Crippen LogP contribution in [0.5, 0.6) is 0 Å². The number of para-hydroxylation sites is 2. The Balaban J connectivity index is 1.51. The van der Waals surface area contributed by atoms with Gasteiger partial charge in [-0.05, 0) is 47.2 Å². The fraction of sp³-hybridized carbons (Fsp3) is 0.214. The van der Waals surface area contributed by atoms with Gasteiger partial charge in [0.05, 0.1) is 28.6 Å². The molecule has 0 aliphatic carbocycles. The summed E-state index contributed by atoms with van der Waals surface area (Å²) in [6.45, 7) is 8.44. The summed E-state index contributed by atoms with van der Waals surface area (Å²) in [7, 11) is 0. The molecule has 0 unspecified atom stereocenters. The number of amides is 1. The molecular formula is C28H28N4O2S. The van der Waals surface area contributed by atoms with Crippen LogP contribution < -0.4 is 11.0 Å². The molecule has 0 atom stereocenters. The average molecular weight is 485 g/mol. The van der Waals surface area contributed by atoms with Gasteiger partial charge in [0.1, 0.15) is 0 Å². The van der Waals surface area contributed by atoms with Gasteiger partial charge in [0.2, 0.25) is 0 Å². The maximum Gasteiger partial charge on any atom is 0.266 e. The maximum absolute atomic E-state index is 13.3. The number of carbonyl (C=O) groups excluding carboxylic acids is 1. The highest BCUT2D eigenvalue weighted by Crippen LogP contribution is 2.23. The summed E-state index contributed by atoms with van der Waals surface area (Å²) < 4.78 is 1.58. The number of nitrogens with one attached hydrogen (secondary N) is 1. The first-order valence-corrected chi connectivity index (χ1v) is 12.4. The van der Waals surface area contributed by atoms with E-state index in [1.807, 2.05) is 55.5 Å². The molecule has 35 heavy (non-hydrogen) atoms. The molecule has 1 aromatic heterocycles. The molecule has 1 amide bonds.